The standard InChI is InChI=1S/C15H16N2O3/c18-14(17-8-5-10(6-9-17)15(19)20)12-2-1-3-13-11(12)4-7-16-13/h1-4,7,10,16H,5-6,8-9H2,(H,19,20). The Morgan fingerprint density at radius 1 is 1.20 bits per heavy atom. The van der Waals surface area contributed by atoms with Crippen LogP contribution in [0.4, 0.5) is 0 Å². The van der Waals surface area contributed by atoms with Crippen LogP contribution in [0.15, 0.2) is 30.5 Å². The molecule has 0 atom stereocenters. The van der Waals surface area contributed by atoms with Crippen LogP contribution in [0, 0.1) is 5.92 Å². The minimum Gasteiger partial charge on any atom is -0.481 e. The van der Waals surface area contributed by atoms with Gasteiger partial charge in [0.25, 0.3) is 5.91 Å². The summed E-state index contributed by atoms with van der Waals surface area (Å²) in [7, 11) is 0. The maximum absolute atomic E-state index is 12.6. The minimum absolute atomic E-state index is 0.0148. The summed E-state index contributed by atoms with van der Waals surface area (Å²) in [6.45, 7) is 1.02. The van der Waals surface area contributed by atoms with Crippen LogP contribution < -0.4 is 0 Å². The van der Waals surface area contributed by atoms with E-state index >= 15 is 0 Å². The maximum Gasteiger partial charge on any atom is 0.306 e. The van der Waals surface area contributed by atoms with E-state index in [1.54, 1.807) is 4.90 Å². The lowest BCUT2D eigenvalue weighted by Crippen LogP contribution is -2.40. The molecule has 5 heteroatoms. The fraction of sp³-hybridized carbons (Fsp3) is 0.333. The molecule has 104 valence electrons. The summed E-state index contributed by atoms with van der Waals surface area (Å²) in [6, 6.07) is 7.51. The van der Waals surface area contributed by atoms with Gasteiger partial charge in [-0.1, -0.05) is 6.07 Å². The summed E-state index contributed by atoms with van der Waals surface area (Å²) in [4.78, 5) is 28.3. The molecule has 3 rings (SSSR count). The van der Waals surface area contributed by atoms with E-state index in [-0.39, 0.29) is 11.8 Å². The first kappa shape index (κ1) is 12.7. The number of carbonyl (C=O) groups is 2. The van der Waals surface area contributed by atoms with Gasteiger partial charge in [-0.05, 0) is 31.0 Å². The number of aromatic nitrogens is 1. The highest BCUT2D eigenvalue weighted by Crippen LogP contribution is 2.23. The Labute approximate surface area is 116 Å². The molecule has 0 unspecified atom stereocenters. The summed E-state index contributed by atoms with van der Waals surface area (Å²) < 4.78 is 0. The van der Waals surface area contributed by atoms with Crippen LogP contribution in [0.3, 0.4) is 0 Å². The van der Waals surface area contributed by atoms with Gasteiger partial charge in [0.05, 0.1) is 5.92 Å². The molecule has 1 aromatic heterocycles. The van der Waals surface area contributed by atoms with Gasteiger partial charge in [-0.25, -0.2) is 0 Å². The first-order valence-corrected chi connectivity index (χ1v) is 6.75. The third kappa shape index (κ3) is 2.15. The fourth-order valence-electron chi connectivity index (χ4n) is 2.77. The summed E-state index contributed by atoms with van der Waals surface area (Å²) in [5.74, 6) is -1.09. The highest BCUT2D eigenvalue weighted by molar-refractivity contribution is 6.06. The fourth-order valence-corrected chi connectivity index (χ4v) is 2.77. The zero-order valence-corrected chi connectivity index (χ0v) is 11.0. The normalized spacial score (nSPS) is 16.5. The predicted molar refractivity (Wildman–Crippen MR) is 74.6 cm³/mol. The molecule has 20 heavy (non-hydrogen) atoms. The van der Waals surface area contributed by atoms with E-state index in [0.29, 0.717) is 31.5 Å². The monoisotopic (exact) mass is 272 g/mol. The number of fused-ring (bicyclic) bond motifs is 1. The molecule has 1 fully saturated rings. The van der Waals surface area contributed by atoms with Gasteiger partial charge in [0.15, 0.2) is 0 Å². The van der Waals surface area contributed by atoms with Gasteiger partial charge in [-0.2, -0.15) is 0 Å². The quantitative estimate of drug-likeness (QED) is 0.879. The molecule has 1 saturated heterocycles. The van der Waals surface area contributed by atoms with Crippen LogP contribution in [0.5, 0.6) is 0 Å². The van der Waals surface area contributed by atoms with Crippen molar-refractivity contribution in [1.82, 2.24) is 9.88 Å². The first-order valence-electron chi connectivity index (χ1n) is 6.75. The molecule has 2 heterocycles. The van der Waals surface area contributed by atoms with Crippen LogP contribution in [-0.4, -0.2) is 40.0 Å². The van der Waals surface area contributed by atoms with Gasteiger partial charge in [-0.15, -0.1) is 0 Å². The van der Waals surface area contributed by atoms with Crippen LogP contribution in [0.2, 0.25) is 0 Å². The van der Waals surface area contributed by atoms with E-state index in [0.717, 1.165) is 10.9 Å². The number of hydrogen-bond donors (Lipinski definition) is 2. The van der Waals surface area contributed by atoms with Crippen molar-refractivity contribution in [3.63, 3.8) is 0 Å². The minimum atomic E-state index is -0.759. The third-order valence-electron chi connectivity index (χ3n) is 3.96. The molecule has 0 bridgehead atoms. The molecule has 0 saturated carbocycles. The molecule has 0 aliphatic carbocycles. The van der Waals surface area contributed by atoms with Gasteiger partial charge >= 0.3 is 5.97 Å². The van der Waals surface area contributed by atoms with E-state index in [1.165, 1.54) is 0 Å². The Morgan fingerprint density at radius 3 is 2.65 bits per heavy atom. The van der Waals surface area contributed by atoms with Gasteiger partial charge in [-0.3, -0.25) is 9.59 Å². The van der Waals surface area contributed by atoms with Gasteiger partial charge in [0, 0.05) is 35.8 Å². The van der Waals surface area contributed by atoms with Crippen molar-refractivity contribution in [3.8, 4) is 0 Å². The lowest BCUT2D eigenvalue weighted by Gasteiger charge is -2.30. The molecule has 1 aliphatic rings. The van der Waals surface area contributed by atoms with Crippen molar-refractivity contribution in [2.45, 2.75) is 12.8 Å². The van der Waals surface area contributed by atoms with Gasteiger partial charge < -0.3 is 15.0 Å². The van der Waals surface area contributed by atoms with Crippen LogP contribution >= 0.6 is 0 Å². The number of carbonyl (C=O) groups excluding carboxylic acids is 1. The number of hydrogen-bond acceptors (Lipinski definition) is 2. The Kier molecular flexibility index (Phi) is 3.18. The van der Waals surface area contributed by atoms with Crippen LogP contribution in [0.1, 0.15) is 23.2 Å². The van der Waals surface area contributed by atoms with Crippen molar-refractivity contribution in [3.05, 3.63) is 36.0 Å². The summed E-state index contributed by atoms with van der Waals surface area (Å²) in [5.41, 5.74) is 1.62. The molecular formula is C15H16N2O3. The lowest BCUT2D eigenvalue weighted by atomic mass is 9.96. The van der Waals surface area contributed by atoms with Crippen molar-refractivity contribution in [2.75, 3.05) is 13.1 Å². The molecule has 2 aromatic rings. The predicted octanol–water partition coefficient (Wildman–Crippen LogP) is 2.10. The average molecular weight is 272 g/mol. The van der Waals surface area contributed by atoms with E-state index in [1.807, 2.05) is 30.5 Å². The topological polar surface area (TPSA) is 73.4 Å². The highest BCUT2D eigenvalue weighted by Gasteiger charge is 2.28. The van der Waals surface area contributed by atoms with Gasteiger partial charge in [0.1, 0.15) is 0 Å². The molecule has 0 radical (unpaired) electrons. The molecule has 1 aliphatic heterocycles. The van der Waals surface area contributed by atoms with Crippen molar-refractivity contribution >= 4 is 22.8 Å². The van der Waals surface area contributed by atoms with Crippen LogP contribution in [0.25, 0.3) is 10.9 Å². The van der Waals surface area contributed by atoms with Gasteiger partial charge in [0.2, 0.25) is 0 Å². The van der Waals surface area contributed by atoms with Crippen molar-refractivity contribution in [2.24, 2.45) is 5.92 Å². The second kappa shape index (κ2) is 5.00. The van der Waals surface area contributed by atoms with E-state index in [4.69, 9.17) is 5.11 Å². The number of benzene rings is 1. The first-order chi connectivity index (χ1) is 9.66. The number of carboxylic acid groups (broad SMARTS) is 1. The van der Waals surface area contributed by atoms with E-state index < -0.39 is 5.97 Å². The number of aliphatic carboxylic acids is 1. The summed E-state index contributed by atoms with van der Waals surface area (Å²) in [6.07, 6.45) is 2.88. The smallest absolute Gasteiger partial charge is 0.306 e. The highest BCUT2D eigenvalue weighted by atomic mass is 16.4. The number of rotatable bonds is 2. The molecular weight excluding hydrogens is 256 g/mol. The molecule has 5 nitrogen and oxygen atoms in total. The zero-order valence-electron chi connectivity index (χ0n) is 11.0. The third-order valence-corrected chi connectivity index (χ3v) is 3.96. The second-order valence-electron chi connectivity index (χ2n) is 5.15. The Morgan fingerprint density at radius 2 is 1.95 bits per heavy atom. The van der Waals surface area contributed by atoms with Crippen LogP contribution in [-0.2, 0) is 4.79 Å². The summed E-state index contributed by atoms with van der Waals surface area (Å²) in [5, 5.41) is 9.90. The number of H-pyrrole nitrogens is 1. The Hall–Kier alpha value is -2.30. The Bertz CT molecular complexity index is 654. The average Bonchev–Trinajstić information content (AvgIpc) is 2.95. The lowest BCUT2D eigenvalue weighted by molar-refractivity contribution is -0.143. The zero-order chi connectivity index (χ0) is 14.1. The summed E-state index contributed by atoms with van der Waals surface area (Å²) >= 11 is 0. The number of likely N-dealkylation sites (tertiary alicyclic amines) is 1. The second-order valence-corrected chi connectivity index (χ2v) is 5.15. The number of carboxylic acids is 1. The van der Waals surface area contributed by atoms with Crippen molar-refractivity contribution in [1.29, 1.82) is 0 Å². The maximum atomic E-state index is 12.6. The number of aromatic amines is 1. The number of amides is 1. The molecule has 1 aromatic carbocycles. The molecule has 2 N–H and O–H groups in total. The van der Waals surface area contributed by atoms with Crippen molar-refractivity contribution < 1.29 is 14.7 Å². The van der Waals surface area contributed by atoms with E-state index in [2.05, 4.69) is 4.98 Å². The SMILES string of the molecule is O=C(O)C1CCN(C(=O)c2cccc3[nH]ccc23)CC1. The molecule has 0 spiro atoms. The molecule has 1 amide bonds. The number of piperidine rings is 1. The number of nitrogens with one attached hydrogen (secondary N) is 1. The van der Waals surface area contributed by atoms with E-state index in [9.17, 15) is 9.59 Å². The Balaban J connectivity index is 1.80. The largest absolute Gasteiger partial charge is 0.481 e. The number of nitrogens with zero attached hydrogens (tertiary/aromatic N) is 1.